The highest BCUT2D eigenvalue weighted by Gasteiger charge is 2.18. The highest BCUT2D eigenvalue weighted by Crippen LogP contribution is 2.39. The molecule has 2 aromatic heterocycles. The predicted molar refractivity (Wildman–Crippen MR) is 124 cm³/mol. The largest absolute Gasteiger partial charge is 0.481 e. The van der Waals surface area contributed by atoms with Crippen LogP contribution in [-0.4, -0.2) is 34.4 Å². The molecule has 0 bridgehead atoms. The van der Waals surface area contributed by atoms with E-state index in [2.05, 4.69) is 6.58 Å². The molecular weight excluding hydrogens is 434 g/mol. The second kappa shape index (κ2) is 9.45. The smallest absolute Gasteiger partial charge is 0.313 e. The van der Waals surface area contributed by atoms with E-state index in [1.807, 2.05) is 49.4 Å². The van der Waals surface area contributed by atoms with Gasteiger partial charge in [0.05, 0.1) is 16.3 Å². The van der Waals surface area contributed by atoms with Gasteiger partial charge in [-0.2, -0.15) is 0 Å². The summed E-state index contributed by atoms with van der Waals surface area (Å²) >= 11 is 2.94. The number of thiazole rings is 1. The first kappa shape index (κ1) is 21.3. The fourth-order valence-corrected chi connectivity index (χ4v) is 4.61. The molecule has 3 heterocycles. The summed E-state index contributed by atoms with van der Waals surface area (Å²) in [6.45, 7) is 6.33. The van der Waals surface area contributed by atoms with E-state index in [9.17, 15) is 4.79 Å². The Kier molecular flexibility index (Phi) is 6.48. The van der Waals surface area contributed by atoms with Gasteiger partial charge in [0, 0.05) is 17.7 Å². The van der Waals surface area contributed by atoms with Gasteiger partial charge in [0.15, 0.2) is 11.5 Å². The van der Waals surface area contributed by atoms with Crippen molar-refractivity contribution in [1.29, 1.82) is 0 Å². The zero-order valence-corrected chi connectivity index (χ0v) is 18.6. The molecule has 1 aliphatic rings. The van der Waals surface area contributed by atoms with Crippen LogP contribution < -0.4 is 9.47 Å². The molecule has 6 nitrogen and oxygen atoms in total. The molecule has 1 N–H and O–H groups in total. The van der Waals surface area contributed by atoms with Gasteiger partial charge < -0.3 is 19.0 Å². The van der Waals surface area contributed by atoms with Crippen LogP contribution >= 0.6 is 23.1 Å². The Morgan fingerprint density at radius 3 is 2.94 bits per heavy atom. The van der Waals surface area contributed by atoms with Crippen molar-refractivity contribution in [2.75, 3.05) is 18.3 Å². The number of carboxylic acid groups (broad SMARTS) is 1. The molecule has 4 rings (SSSR count). The summed E-state index contributed by atoms with van der Waals surface area (Å²) in [5.41, 5.74) is 2.86. The Labute approximate surface area is 188 Å². The number of carbonyl (C=O) groups is 1. The Hall–Kier alpha value is -2.97. The lowest BCUT2D eigenvalue weighted by Gasteiger charge is -1.99. The minimum atomic E-state index is -0.810. The normalized spacial score (nSPS) is 12.5. The number of hydrogen-bond donors (Lipinski definition) is 1. The maximum atomic E-state index is 10.5. The monoisotopic (exact) mass is 455 g/mol. The fraction of sp³-hybridized carbons (Fsp3) is 0.217. The first-order valence-electron chi connectivity index (χ1n) is 9.60. The van der Waals surface area contributed by atoms with Crippen molar-refractivity contribution < 1.29 is 23.8 Å². The van der Waals surface area contributed by atoms with E-state index < -0.39 is 5.97 Å². The molecule has 160 valence electrons. The maximum absolute atomic E-state index is 10.5. The Morgan fingerprint density at radius 2 is 2.13 bits per heavy atom. The summed E-state index contributed by atoms with van der Waals surface area (Å²) in [7, 11) is 0. The highest BCUT2D eigenvalue weighted by atomic mass is 32.2. The average molecular weight is 456 g/mol. The molecule has 0 saturated heterocycles. The molecule has 0 radical (unpaired) electrons. The molecule has 3 aromatic rings. The summed E-state index contributed by atoms with van der Waals surface area (Å²) < 4.78 is 16.8. The number of hydrogen-bond acceptors (Lipinski definition) is 7. The van der Waals surface area contributed by atoms with Crippen molar-refractivity contribution in [2.45, 2.75) is 13.3 Å². The van der Waals surface area contributed by atoms with Gasteiger partial charge >= 0.3 is 5.97 Å². The number of aromatic nitrogens is 1. The molecule has 31 heavy (non-hydrogen) atoms. The molecule has 0 fully saturated rings. The third kappa shape index (κ3) is 5.21. The number of rotatable bonds is 9. The number of allylic oxidation sites excluding steroid dienone is 1. The third-order valence-corrected chi connectivity index (χ3v) is 6.64. The number of fused-ring (bicyclic) bond motifs is 1. The predicted octanol–water partition coefficient (Wildman–Crippen LogP) is 5.59. The van der Waals surface area contributed by atoms with Crippen molar-refractivity contribution in [1.82, 2.24) is 4.98 Å². The van der Waals surface area contributed by atoms with Gasteiger partial charge in [0.2, 0.25) is 6.79 Å². The van der Waals surface area contributed by atoms with Crippen LogP contribution in [-0.2, 0) is 11.2 Å². The van der Waals surface area contributed by atoms with Crippen molar-refractivity contribution in [2.24, 2.45) is 0 Å². The van der Waals surface area contributed by atoms with E-state index in [0.29, 0.717) is 12.2 Å². The summed E-state index contributed by atoms with van der Waals surface area (Å²) in [5.74, 6) is 2.92. The molecule has 0 unspecified atom stereocenters. The van der Waals surface area contributed by atoms with Crippen molar-refractivity contribution in [3.05, 3.63) is 65.1 Å². The Balaban J connectivity index is 1.48. The summed E-state index contributed by atoms with van der Waals surface area (Å²) in [5, 5.41) is 9.56. The van der Waals surface area contributed by atoms with Crippen LogP contribution in [0.3, 0.4) is 0 Å². The van der Waals surface area contributed by atoms with Gasteiger partial charge in [-0.3, -0.25) is 4.79 Å². The van der Waals surface area contributed by atoms with Gasteiger partial charge in [-0.05, 0) is 48.9 Å². The third-order valence-electron chi connectivity index (χ3n) is 4.45. The first-order chi connectivity index (χ1) is 15.0. The number of nitrogens with zero attached hydrogens (tertiary/aromatic N) is 1. The molecular formula is C23H21NO5S2. The number of thioether (sulfide) groups is 1. The van der Waals surface area contributed by atoms with Crippen LogP contribution in [0.5, 0.6) is 11.5 Å². The molecule has 0 spiro atoms. The second-order valence-corrected chi connectivity index (χ2v) is 8.96. The van der Waals surface area contributed by atoms with E-state index >= 15 is 0 Å². The number of ether oxygens (including phenoxy) is 2. The zero-order valence-electron chi connectivity index (χ0n) is 16.9. The minimum absolute atomic E-state index is 0.0902. The summed E-state index contributed by atoms with van der Waals surface area (Å²) in [6, 6.07) is 9.67. The average Bonchev–Trinajstić information content (AvgIpc) is 3.46. The zero-order chi connectivity index (χ0) is 21.8. The van der Waals surface area contributed by atoms with Crippen molar-refractivity contribution in [3.63, 3.8) is 0 Å². The van der Waals surface area contributed by atoms with Gasteiger partial charge in [0.25, 0.3) is 0 Å². The van der Waals surface area contributed by atoms with Crippen LogP contribution in [0.1, 0.15) is 29.0 Å². The lowest BCUT2D eigenvalue weighted by Crippen LogP contribution is -1.97. The number of benzene rings is 1. The molecule has 0 amide bonds. The number of furan rings is 1. The molecule has 0 atom stereocenters. The van der Waals surface area contributed by atoms with E-state index in [0.717, 1.165) is 49.7 Å². The minimum Gasteiger partial charge on any atom is -0.481 e. The summed E-state index contributed by atoms with van der Waals surface area (Å²) in [6.07, 6.45) is 4.32. The maximum Gasteiger partial charge on any atom is 0.313 e. The van der Waals surface area contributed by atoms with Gasteiger partial charge in [-0.25, -0.2) is 4.98 Å². The highest BCUT2D eigenvalue weighted by molar-refractivity contribution is 8.00. The number of aliphatic carboxylic acids is 1. The van der Waals surface area contributed by atoms with E-state index in [4.69, 9.17) is 24.0 Å². The first-order valence-corrected chi connectivity index (χ1v) is 11.6. The van der Waals surface area contributed by atoms with Crippen molar-refractivity contribution in [3.8, 4) is 22.1 Å². The Morgan fingerprint density at radius 1 is 1.29 bits per heavy atom. The van der Waals surface area contributed by atoms with Gasteiger partial charge in [-0.1, -0.05) is 12.7 Å². The second-order valence-electron chi connectivity index (χ2n) is 6.94. The molecule has 0 aliphatic carbocycles. The molecule has 8 heteroatoms. The molecule has 1 aromatic carbocycles. The van der Waals surface area contributed by atoms with E-state index in [-0.39, 0.29) is 12.5 Å². The van der Waals surface area contributed by atoms with Gasteiger partial charge in [0.1, 0.15) is 16.5 Å². The SMILES string of the molecule is C=C(C)c1sc(-c2ccc3c(c2)OCO3)nc1Cc1ccc(/C=C/CSCC(=O)O)o1. The van der Waals surface area contributed by atoms with Crippen molar-refractivity contribution >= 4 is 40.7 Å². The van der Waals surface area contributed by atoms with Crippen LogP contribution in [0.2, 0.25) is 0 Å². The standard InChI is InChI=1S/C23H21NO5S2/c1-14(2)22-18(11-17-7-6-16(29-17)4-3-9-30-12-21(25)26)24-23(31-22)15-5-8-19-20(10-15)28-13-27-19/h3-8,10H,1,9,11-13H2,2H3,(H,25,26)/b4-3+. The topological polar surface area (TPSA) is 81.8 Å². The van der Waals surface area contributed by atoms with Crippen LogP contribution in [0.25, 0.3) is 22.2 Å². The Bertz CT molecular complexity index is 1140. The fourth-order valence-electron chi connectivity index (χ4n) is 3.08. The number of carboxylic acids is 1. The van der Waals surface area contributed by atoms with Crippen LogP contribution in [0, 0.1) is 0 Å². The summed E-state index contributed by atoms with van der Waals surface area (Å²) in [4.78, 5) is 16.4. The van der Waals surface area contributed by atoms with Crippen LogP contribution in [0.4, 0.5) is 0 Å². The quantitative estimate of drug-likeness (QED) is 0.421. The molecule has 1 aliphatic heterocycles. The lowest BCUT2D eigenvalue weighted by molar-refractivity contribution is -0.133. The lowest BCUT2D eigenvalue weighted by atomic mass is 10.1. The van der Waals surface area contributed by atoms with E-state index in [1.54, 1.807) is 11.3 Å². The molecule has 0 saturated carbocycles. The van der Waals surface area contributed by atoms with Crippen LogP contribution in [0.15, 0.2) is 47.4 Å². The van der Waals surface area contributed by atoms with E-state index in [1.165, 1.54) is 11.8 Å². The van der Waals surface area contributed by atoms with Gasteiger partial charge in [-0.15, -0.1) is 23.1 Å².